The van der Waals surface area contributed by atoms with Gasteiger partial charge in [-0.2, -0.15) is 0 Å². The van der Waals surface area contributed by atoms with Crippen molar-refractivity contribution in [1.82, 2.24) is 0 Å². The van der Waals surface area contributed by atoms with Crippen molar-refractivity contribution >= 4 is 20.2 Å². The molecule has 4 aromatic carbocycles. The van der Waals surface area contributed by atoms with E-state index < -0.39 is 8.07 Å². The van der Waals surface area contributed by atoms with Gasteiger partial charge in [-0.3, -0.25) is 0 Å². The number of hydrogen-bond acceptors (Lipinski definition) is 4. The zero-order valence-electron chi connectivity index (χ0n) is 26.0. The predicted molar refractivity (Wildman–Crippen MR) is 180 cm³/mol. The molecule has 0 aliphatic heterocycles. The second-order valence-electron chi connectivity index (χ2n) is 11.4. The Labute approximate surface area is 256 Å². The molecule has 0 amide bonds. The van der Waals surface area contributed by atoms with Crippen molar-refractivity contribution in [3.05, 3.63) is 105 Å². The number of ether oxygens (including phenoxy) is 4. The molecule has 0 heterocycles. The first-order valence-electron chi connectivity index (χ1n) is 15.1. The summed E-state index contributed by atoms with van der Waals surface area (Å²) in [6.07, 6.45) is 7.11. The van der Waals surface area contributed by atoms with E-state index in [1.54, 1.807) is 38.8 Å². The molecule has 0 spiro atoms. The quantitative estimate of drug-likeness (QED) is 0.173. The Hall–Kier alpha value is -4.22. The lowest BCUT2D eigenvalue weighted by molar-refractivity contribution is 0.394. The van der Waals surface area contributed by atoms with Crippen LogP contribution in [0.15, 0.2) is 83.2 Å². The Morgan fingerprint density at radius 3 is 1.23 bits per heavy atom. The Morgan fingerprint density at radius 1 is 0.535 bits per heavy atom. The summed E-state index contributed by atoms with van der Waals surface area (Å²) >= 11 is 0. The molecule has 0 fully saturated rings. The molecule has 0 aromatic heterocycles. The summed E-state index contributed by atoms with van der Waals surface area (Å²) in [6.45, 7) is 4.82. The fraction of sp³-hybridized carbons (Fsp3) is 0.263. The lowest BCUT2D eigenvalue weighted by Crippen LogP contribution is -2.39. The maximum absolute atomic E-state index is 5.60. The van der Waals surface area contributed by atoms with Gasteiger partial charge < -0.3 is 18.9 Å². The third-order valence-corrected chi connectivity index (χ3v) is 15.1. The van der Waals surface area contributed by atoms with Gasteiger partial charge in [0.15, 0.2) is 0 Å². The van der Waals surface area contributed by atoms with Gasteiger partial charge in [-0.25, -0.2) is 0 Å². The summed E-state index contributed by atoms with van der Waals surface area (Å²) in [5.74, 6) is 3.22. The van der Waals surface area contributed by atoms with Crippen LogP contribution in [0, 0.1) is 0 Å². The number of rotatable bonds is 10. The summed E-state index contributed by atoms with van der Waals surface area (Å²) in [5, 5.41) is 3.27. The van der Waals surface area contributed by atoms with Crippen molar-refractivity contribution in [2.24, 2.45) is 0 Å². The monoisotopic (exact) mass is 588 g/mol. The van der Waals surface area contributed by atoms with Gasteiger partial charge in [-0.05, 0) is 81.6 Å². The maximum Gasteiger partial charge on any atom is 0.123 e. The highest BCUT2D eigenvalue weighted by Gasteiger charge is 2.41. The van der Waals surface area contributed by atoms with Crippen LogP contribution < -0.4 is 18.9 Å². The maximum atomic E-state index is 5.60. The molecule has 220 valence electrons. The summed E-state index contributed by atoms with van der Waals surface area (Å²) in [7, 11) is 4.86. The molecule has 0 N–H and O–H groups in total. The Balaban J connectivity index is 1.43. The van der Waals surface area contributed by atoms with Crippen LogP contribution in [-0.4, -0.2) is 36.5 Å². The standard InChI is InChI=1S/C38H40O4Si/c1-7-43(8-2,33-19-25-11-9-13-35(37(25)23-33)27-15-29(39-3)21-30(16-27)40-4)34-20-26-12-10-14-36(38(26)24-34)28-17-31(41-5)22-32(18-28)42-6/h9-18,21-24H,7-8,19-20H2,1-6H3. The lowest BCUT2D eigenvalue weighted by atomic mass is 9.97. The van der Waals surface area contributed by atoms with E-state index in [0.29, 0.717) is 0 Å². The number of methoxy groups -OCH3 is 4. The molecular formula is C38H40O4Si. The van der Waals surface area contributed by atoms with Crippen LogP contribution in [0.1, 0.15) is 36.1 Å². The minimum Gasteiger partial charge on any atom is -0.497 e. The average Bonchev–Trinajstić information content (AvgIpc) is 3.70. The minimum atomic E-state index is -1.97. The van der Waals surface area contributed by atoms with Crippen LogP contribution in [0.5, 0.6) is 23.0 Å². The molecular weight excluding hydrogens is 549 g/mol. The van der Waals surface area contributed by atoms with Gasteiger partial charge in [-0.1, -0.05) is 84.9 Å². The van der Waals surface area contributed by atoms with Crippen molar-refractivity contribution in [2.75, 3.05) is 28.4 Å². The molecule has 5 heteroatoms. The number of hydrogen-bond donors (Lipinski definition) is 0. The van der Waals surface area contributed by atoms with Gasteiger partial charge in [-0.15, -0.1) is 0 Å². The van der Waals surface area contributed by atoms with Crippen LogP contribution in [0.2, 0.25) is 12.1 Å². The van der Waals surface area contributed by atoms with Crippen LogP contribution in [0.25, 0.3) is 34.4 Å². The van der Waals surface area contributed by atoms with Gasteiger partial charge in [0, 0.05) is 12.1 Å². The van der Waals surface area contributed by atoms with Gasteiger partial charge in [0.2, 0.25) is 0 Å². The molecule has 0 bridgehead atoms. The molecule has 6 rings (SSSR count). The van der Waals surface area contributed by atoms with Gasteiger partial charge in [0.05, 0.1) is 28.4 Å². The van der Waals surface area contributed by atoms with Gasteiger partial charge in [0.25, 0.3) is 0 Å². The fourth-order valence-electron chi connectivity index (χ4n) is 7.14. The highest BCUT2D eigenvalue weighted by molar-refractivity contribution is 6.94. The summed E-state index contributed by atoms with van der Waals surface area (Å²) in [6, 6.07) is 28.1. The molecule has 2 aliphatic carbocycles. The lowest BCUT2D eigenvalue weighted by Gasteiger charge is -2.33. The average molecular weight is 589 g/mol. The first-order chi connectivity index (χ1) is 21.0. The highest BCUT2D eigenvalue weighted by atomic mass is 28.3. The smallest absolute Gasteiger partial charge is 0.123 e. The molecule has 4 nitrogen and oxygen atoms in total. The Bertz CT molecular complexity index is 1580. The van der Waals surface area contributed by atoms with E-state index in [1.807, 2.05) is 12.1 Å². The topological polar surface area (TPSA) is 36.9 Å². The zero-order valence-corrected chi connectivity index (χ0v) is 27.0. The van der Waals surface area contributed by atoms with Crippen molar-refractivity contribution in [3.8, 4) is 45.3 Å². The normalized spacial score (nSPS) is 13.6. The van der Waals surface area contributed by atoms with E-state index in [2.05, 4.69) is 86.7 Å². The number of benzene rings is 4. The first kappa shape index (κ1) is 28.9. The van der Waals surface area contributed by atoms with E-state index in [4.69, 9.17) is 18.9 Å². The third-order valence-electron chi connectivity index (χ3n) is 9.55. The Morgan fingerprint density at radius 2 is 0.907 bits per heavy atom. The molecule has 0 atom stereocenters. The van der Waals surface area contributed by atoms with Crippen molar-refractivity contribution < 1.29 is 18.9 Å². The van der Waals surface area contributed by atoms with E-state index >= 15 is 0 Å². The largest absolute Gasteiger partial charge is 0.497 e. The van der Waals surface area contributed by atoms with E-state index in [1.165, 1.54) is 45.5 Å². The third kappa shape index (κ3) is 5.06. The molecule has 0 unspecified atom stereocenters. The van der Waals surface area contributed by atoms with E-state index in [0.717, 1.165) is 47.0 Å². The predicted octanol–water partition coefficient (Wildman–Crippen LogP) is 9.20. The zero-order chi connectivity index (χ0) is 30.1. The van der Waals surface area contributed by atoms with Crippen LogP contribution in [-0.2, 0) is 12.8 Å². The van der Waals surface area contributed by atoms with E-state index in [-0.39, 0.29) is 0 Å². The molecule has 2 aliphatic rings. The first-order valence-corrected chi connectivity index (χ1v) is 17.5. The fourth-order valence-corrected chi connectivity index (χ4v) is 11.8. The van der Waals surface area contributed by atoms with E-state index in [9.17, 15) is 0 Å². The molecule has 0 radical (unpaired) electrons. The summed E-state index contributed by atoms with van der Waals surface area (Å²) in [5.41, 5.74) is 10.2. The number of fused-ring (bicyclic) bond motifs is 2. The van der Waals surface area contributed by atoms with Gasteiger partial charge >= 0.3 is 0 Å². The molecule has 0 saturated carbocycles. The molecule has 43 heavy (non-hydrogen) atoms. The Kier molecular flexibility index (Phi) is 7.93. The summed E-state index contributed by atoms with van der Waals surface area (Å²) in [4.78, 5) is 0. The minimum absolute atomic E-state index is 0.804. The highest BCUT2D eigenvalue weighted by Crippen LogP contribution is 2.47. The van der Waals surface area contributed by atoms with Gasteiger partial charge in [0.1, 0.15) is 31.1 Å². The van der Waals surface area contributed by atoms with Crippen LogP contribution >= 0.6 is 0 Å². The van der Waals surface area contributed by atoms with Crippen molar-refractivity contribution in [2.45, 2.75) is 38.8 Å². The van der Waals surface area contributed by atoms with Crippen molar-refractivity contribution in [3.63, 3.8) is 0 Å². The number of allylic oxidation sites excluding steroid dienone is 2. The summed E-state index contributed by atoms with van der Waals surface area (Å²) < 4.78 is 22.4. The second kappa shape index (κ2) is 11.8. The van der Waals surface area contributed by atoms with Crippen LogP contribution in [0.4, 0.5) is 0 Å². The van der Waals surface area contributed by atoms with Crippen LogP contribution in [0.3, 0.4) is 0 Å². The second-order valence-corrected chi connectivity index (χ2v) is 16.3. The SMILES string of the molecule is CC[Si](CC)(C1=Cc2c(cccc2-c2cc(OC)cc(OC)c2)C1)C1=Cc2c(cccc2-c2cc(OC)cc(OC)c2)C1. The molecule has 0 saturated heterocycles. The molecule has 4 aromatic rings. The van der Waals surface area contributed by atoms with Crippen molar-refractivity contribution in [1.29, 1.82) is 0 Å².